The zero-order chi connectivity index (χ0) is 19.8. The van der Waals surface area contributed by atoms with Crippen molar-refractivity contribution in [2.45, 2.75) is 26.2 Å². The molecule has 1 N–H and O–H groups in total. The Morgan fingerprint density at radius 3 is 2.50 bits per heavy atom. The molecule has 0 unspecified atom stereocenters. The minimum absolute atomic E-state index is 0.0477. The summed E-state index contributed by atoms with van der Waals surface area (Å²) in [6, 6.07) is 23.8. The van der Waals surface area contributed by atoms with Crippen molar-refractivity contribution in [3.8, 4) is 16.9 Å². The van der Waals surface area contributed by atoms with Gasteiger partial charge >= 0.3 is 0 Å². The molecule has 0 aromatic heterocycles. The second-order valence-corrected chi connectivity index (χ2v) is 7.47. The predicted molar refractivity (Wildman–Crippen MR) is 119 cm³/mol. The van der Waals surface area contributed by atoms with Crippen molar-refractivity contribution in [3.63, 3.8) is 0 Å². The molecule has 0 aliphatic heterocycles. The van der Waals surface area contributed by atoms with E-state index < -0.39 is 0 Å². The summed E-state index contributed by atoms with van der Waals surface area (Å²) in [6.45, 7) is 2.13. The fourth-order valence-electron chi connectivity index (χ4n) is 2.97. The van der Waals surface area contributed by atoms with Crippen LogP contribution in [0.2, 0.25) is 0 Å². The highest BCUT2D eigenvalue weighted by atomic mass is 79.9. The van der Waals surface area contributed by atoms with Gasteiger partial charge in [0.1, 0.15) is 5.75 Å². The van der Waals surface area contributed by atoms with Crippen molar-refractivity contribution in [1.82, 2.24) is 0 Å². The van der Waals surface area contributed by atoms with Gasteiger partial charge in [-0.15, -0.1) is 0 Å². The van der Waals surface area contributed by atoms with E-state index in [0.29, 0.717) is 5.75 Å². The van der Waals surface area contributed by atoms with Gasteiger partial charge in [0, 0.05) is 10.0 Å². The lowest BCUT2D eigenvalue weighted by Gasteiger charge is -2.13. The van der Waals surface area contributed by atoms with Crippen molar-refractivity contribution in [3.05, 3.63) is 82.8 Å². The molecule has 3 rings (SSSR count). The molecule has 3 nitrogen and oxygen atoms in total. The molecule has 0 atom stereocenters. The maximum Gasteiger partial charge on any atom is 0.262 e. The van der Waals surface area contributed by atoms with Gasteiger partial charge in [0.2, 0.25) is 0 Å². The summed E-state index contributed by atoms with van der Waals surface area (Å²) >= 11 is 3.55. The van der Waals surface area contributed by atoms with Crippen LogP contribution in [0.15, 0.2) is 77.3 Å². The van der Waals surface area contributed by atoms with E-state index in [1.165, 1.54) is 5.56 Å². The Morgan fingerprint density at radius 1 is 1.00 bits per heavy atom. The van der Waals surface area contributed by atoms with Crippen LogP contribution in [0.1, 0.15) is 25.3 Å². The highest BCUT2D eigenvalue weighted by molar-refractivity contribution is 9.10. The first-order valence-corrected chi connectivity index (χ1v) is 10.3. The third-order valence-electron chi connectivity index (χ3n) is 4.46. The number of carbonyl (C=O) groups excluding carboxylic acids is 1. The fraction of sp³-hybridized carbons (Fsp3) is 0.208. The molecule has 0 heterocycles. The van der Waals surface area contributed by atoms with Crippen molar-refractivity contribution >= 4 is 27.5 Å². The number of rotatable bonds is 8. The molecule has 3 aromatic rings. The quantitative estimate of drug-likeness (QED) is 0.437. The van der Waals surface area contributed by atoms with Gasteiger partial charge in [-0.25, -0.2) is 0 Å². The van der Waals surface area contributed by atoms with Crippen molar-refractivity contribution in [2.75, 3.05) is 11.9 Å². The van der Waals surface area contributed by atoms with E-state index in [1.54, 1.807) is 0 Å². The number of carbonyl (C=O) groups is 1. The van der Waals surface area contributed by atoms with Crippen molar-refractivity contribution < 1.29 is 9.53 Å². The monoisotopic (exact) mass is 437 g/mol. The topological polar surface area (TPSA) is 38.3 Å². The minimum Gasteiger partial charge on any atom is -0.483 e. The number of benzene rings is 3. The van der Waals surface area contributed by atoms with Gasteiger partial charge in [-0.05, 0) is 58.1 Å². The molecule has 4 heteroatoms. The molecule has 0 aliphatic carbocycles. The Labute approximate surface area is 174 Å². The lowest BCUT2D eigenvalue weighted by molar-refractivity contribution is -0.118. The van der Waals surface area contributed by atoms with Gasteiger partial charge < -0.3 is 10.1 Å². The summed E-state index contributed by atoms with van der Waals surface area (Å²) < 4.78 is 6.70. The summed E-state index contributed by atoms with van der Waals surface area (Å²) in [4.78, 5) is 12.4. The summed E-state index contributed by atoms with van der Waals surface area (Å²) in [7, 11) is 0. The average Bonchev–Trinajstić information content (AvgIpc) is 2.73. The molecule has 0 saturated carbocycles. The summed E-state index contributed by atoms with van der Waals surface area (Å²) in [5.41, 5.74) is 4.05. The number of nitrogens with one attached hydrogen (secondary N) is 1. The predicted octanol–water partition coefficient (Wildman–Crippen LogP) is 6.48. The highest BCUT2D eigenvalue weighted by Crippen LogP contribution is 2.29. The first-order chi connectivity index (χ1) is 13.7. The number of halogens is 1. The van der Waals surface area contributed by atoms with Crippen LogP contribution in [-0.2, 0) is 11.2 Å². The molecular formula is C24H24BrNO2. The fourth-order valence-corrected chi connectivity index (χ4v) is 3.50. The van der Waals surface area contributed by atoms with Crippen LogP contribution in [0.3, 0.4) is 0 Å². The number of amides is 1. The Bertz CT molecular complexity index is 925. The Kier molecular flexibility index (Phi) is 7.26. The van der Waals surface area contributed by atoms with Crippen molar-refractivity contribution in [2.24, 2.45) is 0 Å². The number of hydrogen-bond donors (Lipinski definition) is 1. The molecule has 0 bridgehead atoms. The normalized spacial score (nSPS) is 10.5. The molecule has 0 saturated heterocycles. The Hall–Kier alpha value is -2.59. The third kappa shape index (κ3) is 5.46. The highest BCUT2D eigenvalue weighted by Gasteiger charge is 2.10. The van der Waals surface area contributed by atoms with E-state index in [-0.39, 0.29) is 12.5 Å². The van der Waals surface area contributed by atoms with Crippen LogP contribution < -0.4 is 10.1 Å². The van der Waals surface area contributed by atoms with Crippen LogP contribution in [0, 0.1) is 0 Å². The zero-order valence-electron chi connectivity index (χ0n) is 16.0. The molecule has 0 fully saturated rings. The molecule has 144 valence electrons. The minimum atomic E-state index is -0.190. The average molecular weight is 438 g/mol. The van der Waals surface area contributed by atoms with Crippen LogP contribution in [0.25, 0.3) is 11.1 Å². The number of hydrogen-bond acceptors (Lipinski definition) is 2. The van der Waals surface area contributed by atoms with Gasteiger partial charge in [0.25, 0.3) is 5.91 Å². The van der Waals surface area contributed by atoms with E-state index in [1.807, 2.05) is 60.7 Å². The van der Waals surface area contributed by atoms with E-state index in [4.69, 9.17) is 4.74 Å². The molecule has 1 amide bonds. The number of unbranched alkanes of at least 4 members (excludes halogenated alkanes) is 1. The number of aryl methyl sites for hydroxylation is 1. The third-order valence-corrected chi connectivity index (χ3v) is 5.11. The van der Waals surface area contributed by atoms with E-state index in [2.05, 4.69) is 40.3 Å². The number of ether oxygens (including phenoxy) is 1. The van der Waals surface area contributed by atoms with Crippen LogP contribution in [-0.4, -0.2) is 12.5 Å². The van der Waals surface area contributed by atoms with Gasteiger partial charge in [0.05, 0.1) is 5.69 Å². The molecule has 0 aliphatic rings. The Balaban J connectivity index is 1.63. The molecular weight excluding hydrogens is 414 g/mol. The maximum atomic E-state index is 12.4. The summed E-state index contributed by atoms with van der Waals surface area (Å²) in [6.07, 6.45) is 3.37. The summed E-state index contributed by atoms with van der Waals surface area (Å²) in [5.74, 6) is 0.503. The molecule has 0 radical (unpaired) electrons. The molecule has 0 spiro atoms. The Morgan fingerprint density at radius 2 is 1.75 bits per heavy atom. The van der Waals surface area contributed by atoms with Crippen LogP contribution in [0.5, 0.6) is 5.75 Å². The van der Waals surface area contributed by atoms with Crippen molar-refractivity contribution in [1.29, 1.82) is 0 Å². The van der Waals surface area contributed by atoms with E-state index in [9.17, 15) is 4.79 Å². The standard InChI is InChI=1S/C24H24BrNO2/c1-2-3-9-18-14-15-22(21(25)16-18)26-24(27)17-28-23-13-8-7-12-20(23)19-10-5-4-6-11-19/h4-8,10-16H,2-3,9,17H2,1H3,(H,26,27). The first-order valence-electron chi connectivity index (χ1n) is 9.53. The second kappa shape index (κ2) is 10.1. The zero-order valence-corrected chi connectivity index (χ0v) is 17.5. The molecule has 28 heavy (non-hydrogen) atoms. The number of anilines is 1. The lowest BCUT2D eigenvalue weighted by atomic mass is 10.1. The van der Waals surface area contributed by atoms with Crippen LogP contribution in [0.4, 0.5) is 5.69 Å². The van der Waals surface area contributed by atoms with Gasteiger partial charge in [-0.1, -0.05) is 67.9 Å². The second-order valence-electron chi connectivity index (χ2n) is 6.62. The van der Waals surface area contributed by atoms with Gasteiger partial charge in [-0.3, -0.25) is 4.79 Å². The van der Waals surface area contributed by atoms with Gasteiger partial charge in [-0.2, -0.15) is 0 Å². The molecule has 3 aromatic carbocycles. The SMILES string of the molecule is CCCCc1ccc(NC(=O)COc2ccccc2-c2ccccc2)c(Br)c1. The number of para-hydroxylation sites is 1. The smallest absolute Gasteiger partial charge is 0.262 e. The maximum absolute atomic E-state index is 12.4. The largest absolute Gasteiger partial charge is 0.483 e. The first kappa shape index (κ1) is 20.2. The van der Waals surface area contributed by atoms with Gasteiger partial charge in [0.15, 0.2) is 6.61 Å². The van der Waals surface area contributed by atoms with E-state index >= 15 is 0 Å². The summed E-state index contributed by atoms with van der Waals surface area (Å²) in [5, 5.41) is 2.91. The van der Waals surface area contributed by atoms with E-state index in [0.717, 1.165) is 40.5 Å². The lowest BCUT2D eigenvalue weighted by Crippen LogP contribution is -2.20. The van der Waals surface area contributed by atoms with Crippen LogP contribution >= 0.6 is 15.9 Å².